The van der Waals surface area contributed by atoms with E-state index >= 15 is 0 Å². The Morgan fingerprint density at radius 1 is 0.935 bits per heavy atom. The van der Waals surface area contributed by atoms with Crippen molar-refractivity contribution in [1.82, 2.24) is 20.2 Å². The van der Waals surface area contributed by atoms with Crippen molar-refractivity contribution in [3.05, 3.63) is 90.1 Å². The van der Waals surface area contributed by atoms with Crippen molar-refractivity contribution in [3.8, 4) is 0 Å². The highest BCUT2D eigenvalue weighted by Crippen LogP contribution is 2.17. The van der Waals surface area contributed by atoms with Gasteiger partial charge < -0.3 is 19.6 Å². The number of nitrogens with zero attached hydrogens (tertiary/aromatic N) is 2. The van der Waals surface area contributed by atoms with E-state index in [-0.39, 0.29) is 18.4 Å². The zero-order valence-corrected chi connectivity index (χ0v) is 17.1. The Kier molecular flexibility index (Phi) is 6.42. The molecular formula is C24H24N4O3. The number of para-hydroxylation sites is 2. The smallest absolute Gasteiger partial charge is 0.251 e. The van der Waals surface area contributed by atoms with Crippen molar-refractivity contribution in [2.24, 2.45) is 0 Å². The molecule has 0 atom stereocenters. The van der Waals surface area contributed by atoms with Crippen LogP contribution < -0.4 is 10.6 Å². The van der Waals surface area contributed by atoms with Gasteiger partial charge in [0.15, 0.2) is 0 Å². The van der Waals surface area contributed by atoms with E-state index in [1.165, 1.54) is 0 Å². The van der Waals surface area contributed by atoms with Crippen LogP contribution in [0.2, 0.25) is 0 Å². The summed E-state index contributed by atoms with van der Waals surface area (Å²) >= 11 is 0. The van der Waals surface area contributed by atoms with E-state index in [4.69, 9.17) is 9.40 Å². The van der Waals surface area contributed by atoms with Gasteiger partial charge >= 0.3 is 0 Å². The third-order valence-electron chi connectivity index (χ3n) is 4.97. The molecule has 2 amide bonds. The summed E-state index contributed by atoms with van der Waals surface area (Å²) in [5, 5.41) is 5.81. The van der Waals surface area contributed by atoms with Gasteiger partial charge in [0.05, 0.1) is 23.8 Å². The fraction of sp³-hybridized carbons (Fsp3) is 0.208. The van der Waals surface area contributed by atoms with Crippen LogP contribution in [0.5, 0.6) is 0 Å². The molecule has 0 saturated carbocycles. The van der Waals surface area contributed by atoms with Gasteiger partial charge in [-0.25, -0.2) is 4.98 Å². The van der Waals surface area contributed by atoms with Crippen molar-refractivity contribution in [2.75, 3.05) is 6.54 Å². The molecule has 2 aromatic heterocycles. The maximum Gasteiger partial charge on any atom is 0.251 e. The second-order valence-corrected chi connectivity index (χ2v) is 7.18. The molecule has 4 rings (SSSR count). The van der Waals surface area contributed by atoms with E-state index in [9.17, 15) is 9.59 Å². The van der Waals surface area contributed by atoms with E-state index in [0.29, 0.717) is 30.8 Å². The summed E-state index contributed by atoms with van der Waals surface area (Å²) in [6, 6.07) is 20.5. The lowest BCUT2D eigenvalue weighted by Gasteiger charge is -2.10. The SMILES string of the molecule is O=C(Cn1c(CCCNC(=O)c2ccccc2)nc2ccccc21)NCc1ccco1. The molecule has 2 aromatic carbocycles. The number of carbonyl (C=O) groups is 2. The molecule has 0 saturated heterocycles. The first-order chi connectivity index (χ1) is 15.2. The molecule has 0 fully saturated rings. The van der Waals surface area contributed by atoms with Crippen molar-refractivity contribution in [1.29, 1.82) is 0 Å². The van der Waals surface area contributed by atoms with Gasteiger partial charge in [-0.2, -0.15) is 0 Å². The zero-order valence-electron chi connectivity index (χ0n) is 17.1. The summed E-state index contributed by atoms with van der Waals surface area (Å²) in [6.45, 7) is 1.05. The Morgan fingerprint density at radius 3 is 2.55 bits per heavy atom. The van der Waals surface area contributed by atoms with Gasteiger partial charge in [0.1, 0.15) is 18.1 Å². The number of rotatable bonds is 9. The van der Waals surface area contributed by atoms with Crippen molar-refractivity contribution < 1.29 is 14.0 Å². The fourth-order valence-electron chi connectivity index (χ4n) is 3.43. The lowest BCUT2D eigenvalue weighted by molar-refractivity contribution is -0.121. The number of fused-ring (bicyclic) bond motifs is 1. The Bertz CT molecular complexity index is 1150. The molecule has 0 bridgehead atoms. The number of nitrogens with one attached hydrogen (secondary N) is 2. The molecule has 7 heteroatoms. The molecule has 7 nitrogen and oxygen atoms in total. The van der Waals surface area contributed by atoms with E-state index < -0.39 is 0 Å². The first-order valence-corrected chi connectivity index (χ1v) is 10.3. The van der Waals surface area contributed by atoms with Crippen LogP contribution in [-0.4, -0.2) is 27.9 Å². The highest BCUT2D eigenvalue weighted by atomic mass is 16.3. The molecule has 0 spiro atoms. The van der Waals surface area contributed by atoms with Crippen LogP contribution in [-0.2, 0) is 24.3 Å². The molecule has 2 N–H and O–H groups in total. The number of carbonyl (C=O) groups excluding carboxylic acids is 2. The Morgan fingerprint density at radius 2 is 1.74 bits per heavy atom. The number of hydrogen-bond acceptors (Lipinski definition) is 4. The predicted octanol–water partition coefficient (Wildman–Crippen LogP) is 3.31. The van der Waals surface area contributed by atoms with Gasteiger partial charge in [-0.15, -0.1) is 0 Å². The maximum atomic E-state index is 12.5. The van der Waals surface area contributed by atoms with Gasteiger partial charge in [0.2, 0.25) is 5.91 Å². The lowest BCUT2D eigenvalue weighted by Crippen LogP contribution is -2.28. The fourth-order valence-corrected chi connectivity index (χ4v) is 3.43. The highest BCUT2D eigenvalue weighted by molar-refractivity contribution is 5.94. The van der Waals surface area contributed by atoms with Crippen LogP contribution in [0, 0.1) is 0 Å². The lowest BCUT2D eigenvalue weighted by atomic mass is 10.2. The van der Waals surface area contributed by atoms with Crippen LogP contribution >= 0.6 is 0 Å². The van der Waals surface area contributed by atoms with E-state index in [2.05, 4.69) is 10.6 Å². The first kappa shape index (κ1) is 20.4. The standard InChI is InChI=1S/C24H24N4O3/c29-23(26-16-19-10-7-15-31-19)17-28-21-12-5-4-11-20(21)27-22(28)13-6-14-25-24(30)18-8-2-1-3-9-18/h1-5,7-12,15H,6,13-14,16-17H2,(H,25,30)(H,26,29). The van der Waals surface area contributed by atoms with Gasteiger partial charge in [0.25, 0.3) is 5.91 Å². The highest BCUT2D eigenvalue weighted by Gasteiger charge is 2.14. The first-order valence-electron chi connectivity index (χ1n) is 10.3. The number of benzene rings is 2. The zero-order chi connectivity index (χ0) is 21.5. The van der Waals surface area contributed by atoms with E-state index in [0.717, 1.165) is 23.3 Å². The number of aryl methyl sites for hydroxylation is 1. The van der Waals surface area contributed by atoms with Crippen molar-refractivity contribution >= 4 is 22.8 Å². The number of furan rings is 1. The summed E-state index contributed by atoms with van der Waals surface area (Å²) in [4.78, 5) is 29.4. The van der Waals surface area contributed by atoms with Gasteiger partial charge in [-0.3, -0.25) is 9.59 Å². The quantitative estimate of drug-likeness (QED) is 0.410. The van der Waals surface area contributed by atoms with Crippen LogP contribution in [0.25, 0.3) is 11.0 Å². The topological polar surface area (TPSA) is 89.2 Å². The minimum atomic E-state index is -0.113. The van der Waals surface area contributed by atoms with Crippen LogP contribution in [0.1, 0.15) is 28.4 Å². The summed E-state index contributed by atoms with van der Waals surface area (Å²) in [5.41, 5.74) is 2.41. The predicted molar refractivity (Wildman–Crippen MR) is 117 cm³/mol. The van der Waals surface area contributed by atoms with Gasteiger partial charge in [-0.1, -0.05) is 30.3 Å². The number of aromatic nitrogens is 2. The largest absolute Gasteiger partial charge is 0.467 e. The molecular weight excluding hydrogens is 392 g/mol. The van der Waals surface area contributed by atoms with Gasteiger partial charge in [0, 0.05) is 18.5 Å². The molecule has 4 aromatic rings. The average Bonchev–Trinajstić information content (AvgIpc) is 3.44. The molecule has 158 valence electrons. The number of hydrogen-bond donors (Lipinski definition) is 2. The molecule has 2 heterocycles. The van der Waals surface area contributed by atoms with Gasteiger partial charge in [-0.05, 0) is 42.8 Å². The van der Waals surface area contributed by atoms with Crippen molar-refractivity contribution in [3.63, 3.8) is 0 Å². The molecule has 31 heavy (non-hydrogen) atoms. The average molecular weight is 416 g/mol. The molecule has 0 unspecified atom stereocenters. The Balaban J connectivity index is 1.37. The molecule has 0 aliphatic rings. The Labute approximate surface area is 180 Å². The summed E-state index contributed by atoms with van der Waals surface area (Å²) < 4.78 is 7.20. The van der Waals surface area contributed by atoms with Crippen LogP contribution in [0.3, 0.4) is 0 Å². The summed E-state index contributed by atoms with van der Waals surface area (Å²) in [5.74, 6) is 1.33. The number of imidazole rings is 1. The normalized spacial score (nSPS) is 10.8. The van der Waals surface area contributed by atoms with E-state index in [1.54, 1.807) is 24.5 Å². The minimum absolute atomic E-state index is 0.0913. The second-order valence-electron chi connectivity index (χ2n) is 7.18. The monoisotopic (exact) mass is 416 g/mol. The number of amides is 2. The molecule has 0 aliphatic heterocycles. The third-order valence-corrected chi connectivity index (χ3v) is 4.97. The third kappa shape index (κ3) is 5.19. The van der Waals surface area contributed by atoms with Crippen LogP contribution in [0.15, 0.2) is 77.4 Å². The molecule has 0 radical (unpaired) electrons. The van der Waals surface area contributed by atoms with Crippen LogP contribution in [0.4, 0.5) is 0 Å². The van der Waals surface area contributed by atoms with Crippen molar-refractivity contribution in [2.45, 2.75) is 25.9 Å². The molecule has 0 aliphatic carbocycles. The Hall–Kier alpha value is -3.87. The minimum Gasteiger partial charge on any atom is -0.467 e. The maximum absolute atomic E-state index is 12.5. The summed E-state index contributed by atoms with van der Waals surface area (Å²) in [6.07, 6.45) is 2.95. The second kappa shape index (κ2) is 9.75. The summed E-state index contributed by atoms with van der Waals surface area (Å²) in [7, 11) is 0. The van der Waals surface area contributed by atoms with E-state index in [1.807, 2.05) is 53.1 Å².